The summed E-state index contributed by atoms with van der Waals surface area (Å²) in [5.41, 5.74) is 3.30. The fraction of sp³-hybridized carbons (Fsp3) is 0.217. The Morgan fingerprint density at radius 3 is 2.65 bits per heavy atom. The summed E-state index contributed by atoms with van der Waals surface area (Å²) >= 11 is 5.32. The Hall–Kier alpha value is -3.23. The zero-order valence-electron chi connectivity index (χ0n) is 16.9. The largest absolute Gasteiger partial charge is 0.494 e. The van der Waals surface area contributed by atoms with Crippen molar-refractivity contribution in [2.24, 2.45) is 0 Å². The first-order chi connectivity index (χ1) is 15.0. The third-order valence-corrected chi connectivity index (χ3v) is 6.30. The first-order valence-corrected chi connectivity index (χ1v) is 10.6. The number of nitrogens with one attached hydrogen (secondary N) is 2. The number of aromatic nitrogens is 3. The lowest BCUT2D eigenvalue weighted by Crippen LogP contribution is -2.39. The van der Waals surface area contributed by atoms with Gasteiger partial charge in [-0.25, -0.2) is 4.39 Å². The molecule has 1 aliphatic heterocycles. The second kappa shape index (κ2) is 7.47. The molecule has 8 heteroatoms. The summed E-state index contributed by atoms with van der Waals surface area (Å²) in [6.07, 6.45) is 0.847. The molecule has 0 fully saturated rings. The molecule has 1 aliphatic rings. The van der Waals surface area contributed by atoms with Crippen LogP contribution in [0.3, 0.4) is 0 Å². The van der Waals surface area contributed by atoms with Crippen LogP contribution in [0.2, 0.25) is 0 Å². The normalized spacial score (nSPS) is 16.5. The van der Waals surface area contributed by atoms with Crippen molar-refractivity contribution in [1.29, 1.82) is 0 Å². The highest BCUT2D eigenvalue weighted by Crippen LogP contribution is 2.40. The number of likely N-dealkylation sites (N-methyl/N-ethyl adjacent to an activating group) is 1. The monoisotopic (exact) mass is 436 g/mol. The van der Waals surface area contributed by atoms with Gasteiger partial charge in [-0.05, 0) is 61.1 Å². The number of benzene rings is 2. The quantitative estimate of drug-likeness (QED) is 0.421. The smallest absolute Gasteiger partial charge is 0.260 e. The summed E-state index contributed by atoms with van der Waals surface area (Å²) in [5.74, 6) is -0.637. The van der Waals surface area contributed by atoms with Gasteiger partial charge in [0.25, 0.3) is 5.56 Å². The van der Waals surface area contributed by atoms with Crippen molar-refractivity contribution >= 4 is 23.1 Å². The van der Waals surface area contributed by atoms with Gasteiger partial charge in [0.1, 0.15) is 11.4 Å². The molecule has 1 atom stereocenters. The van der Waals surface area contributed by atoms with Crippen molar-refractivity contribution in [2.75, 3.05) is 13.1 Å². The number of halogens is 1. The highest BCUT2D eigenvalue weighted by atomic mass is 32.1. The van der Waals surface area contributed by atoms with Gasteiger partial charge >= 0.3 is 0 Å². The van der Waals surface area contributed by atoms with Crippen molar-refractivity contribution in [3.05, 3.63) is 86.3 Å². The first-order valence-electron chi connectivity index (χ1n) is 10.2. The van der Waals surface area contributed by atoms with E-state index in [-0.39, 0.29) is 16.2 Å². The molecule has 2 aromatic carbocycles. The van der Waals surface area contributed by atoms with E-state index in [1.165, 1.54) is 28.8 Å². The molecule has 4 aromatic rings. The molecule has 31 heavy (non-hydrogen) atoms. The molecule has 0 aliphatic carbocycles. The van der Waals surface area contributed by atoms with Crippen LogP contribution < -0.4 is 5.56 Å². The molecule has 0 spiro atoms. The number of aromatic amines is 2. The zero-order valence-corrected chi connectivity index (χ0v) is 17.7. The zero-order chi connectivity index (χ0) is 21.7. The molecule has 6 nitrogen and oxygen atoms in total. The summed E-state index contributed by atoms with van der Waals surface area (Å²) < 4.78 is 14.9. The standard InChI is InChI=1S/C23H21FN4O2S/c1-2-27-12-11-16-15-5-3-4-6-17(15)25-19(16)20(27)18-21(29)26-23(31)28(22(18)30)14-9-7-13(24)8-10-14/h3-10,20,25,30H,2,11-12H2,1H3,(H,26,29,31). The average Bonchev–Trinajstić information content (AvgIpc) is 3.14. The minimum Gasteiger partial charge on any atom is -0.494 e. The molecular weight excluding hydrogens is 415 g/mol. The minimum absolute atomic E-state index is 0.0496. The minimum atomic E-state index is -0.466. The summed E-state index contributed by atoms with van der Waals surface area (Å²) in [6.45, 7) is 3.48. The van der Waals surface area contributed by atoms with Gasteiger partial charge in [-0.15, -0.1) is 0 Å². The van der Waals surface area contributed by atoms with Crippen LogP contribution in [0, 0.1) is 10.6 Å². The Labute approximate surface area is 182 Å². The Morgan fingerprint density at radius 2 is 1.90 bits per heavy atom. The van der Waals surface area contributed by atoms with E-state index in [9.17, 15) is 14.3 Å². The summed E-state index contributed by atoms with van der Waals surface area (Å²) in [4.78, 5) is 21.4. The number of para-hydroxylation sites is 1. The van der Waals surface area contributed by atoms with Crippen molar-refractivity contribution in [3.63, 3.8) is 0 Å². The first kappa shape index (κ1) is 19.7. The summed E-state index contributed by atoms with van der Waals surface area (Å²) in [7, 11) is 0. The highest BCUT2D eigenvalue weighted by Gasteiger charge is 2.35. The number of nitrogens with zero attached hydrogens (tertiary/aromatic N) is 2. The fourth-order valence-electron chi connectivity index (χ4n) is 4.57. The van der Waals surface area contributed by atoms with Gasteiger partial charge in [0.05, 0.1) is 11.7 Å². The van der Waals surface area contributed by atoms with E-state index in [4.69, 9.17) is 12.2 Å². The highest BCUT2D eigenvalue weighted by molar-refractivity contribution is 7.71. The summed E-state index contributed by atoms with van der Waals surface area (Å²) in [6, 6.07) is 13.2. The van der Waals surface area contributed by atoms with Crippen molar-refractivity contribution < 1.29 is 9.50 Å². The molecule has 3 N–H and O–H groups in total. The van der Waals surface area contributed by atoms with E-state index in [2.05, 4.69) is 20.9 Å². The van der Waals surface area contributed by atoms with Crippen molar-refractivity contribution in [2.45, 2.75) is 19.4 Å². The molecule has 0 saturated heterocycles. The van der Waals surface area contributed by atoms with Gasteiger partial charge < -0.3 is 10.1 Å². The molecule has 2 aromatic heterocycles. The maximum atomic E-state index is 13.4. The van der Waals surface area contributed by atoms with Crippen molar-refractivity contribution in [1.82, 2.24) is 19.4 Å². The van der Waals surface area contributed by atoms with Gasteiger partial charge in [0.2, 0.25) is 5.88 Å². The Morgan fingerprint density at radius 1 is 1.16 bits per heavy atom. The van der Waals surface area contributed by atoms with Gasteiger partial charge in [-0.2, -0.15) is 0 Å². The topological polar surface area (TPSA) is 77.1 Å². The van der Waals surface area contributed by atoms with Gasteiger partial charge in [-0.1, -0.05) is 25.1 Å². The maximum absolute atomic E-state index is 13.4. The molecular formula is C23H21FN4O2S. The second-order valence-electron chi connectivity index (χ2n) is 7.65. The number of aromatic hydroxyl groups is 1. The van der Waals surface area contributed by atoms with Crippen molar-refractivity contribution in [3.8, 4) is 11.6 Å². The number of fused-ring (bicyclic) bond motifs is 3. The predicted octanol–water partition coefficient (Wildman–Crippen LogP) is 4.19. The lowest BCUT2D eigenvalue weighted by Gasteiger charge is -2.35. The second-order valence-corrected chi connectivity index (χ2v) is 8.04. The predicted molar refractivity (Wildman–Crippen MR) is 120 cm³/mol. The van der Waals surface area contributed by atoms with E-state index < -0.39 is 17.4 Å². The van der Waals surface area contributed by atoms with Crippen LogP contribution in [0.5, 0.6) is 5.88 Å². The third kappa shape index (κ3) is 3.10. The molecule has 0 saturated carbocycles. The lowest BCUT2D eigenvalue weighted by atomic mass is 9.93. The van der Waals surface area contributed by atoms with Gasteiger partial charge in [-0.3, -0.25) is 19.2 Å². The van der Waals surface area contributed by atoms with Crippen LogP contribution in [0.15, 0.2) is 53.3 Å². The molecule has 1 unspecified atom stereocenters. The van der Waals surface area contributed by atoms with E-state index >= 15 is 0 Å². The maximum Gasteiger partial charge on any atom is 0.260 e. The van der Waals surface area contributed by atoms with E-state index in [1.807, 2.05) is 25.1 Å². The lowest BCUT2D eigenvalue weighted by molar-refractivity contribution is 0.215. The molecule has 0 radical (unpaired) electrons. The molecule has 158 valence electrons. The van der Waals surface area contributed by atoms with E-state index in [0.29, 0.717) is 12.2 Å². The van der Waals surface area contributed by atoms with Crippen LogP contribution >= 0.6 is 12.2 Å². The van der Waals surface area contributed by atoms with Crippen LogP contribution in [0.4, 0.5) is 4.39 Å². The van der Waals surface area contributed by atoms with Crippen LogP contribution in [0.25, 0.3) is 16.6 Å². The number of rotatable bonds is 3. The molecule has 5 rings (SSSR count). The van der Waals surface area contributed by atoms with Gasteiger partial charge in [0, 0.05) is 23.1 Å². The number of H-pyrrole nitrogens is 2. The number of hydrogen-bond acceptors (Lipinski definition) is 4. The van der Waals surface area contributed by atoms with E-state index in [0.717, 1.165) is 35.1 Å². The van der Waals surface area contributed by atoms with Gasteiger partial charge in [0.15, 0.2) is 4.77 Å². The average molecular weight is 437 g/mol. The molecule has 0 amide bonds. The van der Waals surface area contributed by atoms with Crippen LogP contribution in [0.1, 0.15) is 29.8 Å². The third-order valence-electron chi connectivity index (χ3n) is 6.02. The Kier molecular flexibility index (Phi) is 4.75. The Balaban J connectivity index is 1.78. The number of hydrogen-bond donors (Lipinski definition) is 3. The molecule has 3 heterocycles. The summed E-state index contributed by atoms with van der Waals surface area (Å²) in [5, 5.41) is 12.4. The molecule has 0 bridgehead atoms. The SMILES string of the molecule is CCN1CCc2c([nH]c3ccccc23)C1c1c(O)n(-c2ccc(F)cc2)c(=S)[nH]c1=O. The fourth-order valence-corrected chi connectivity index (χ4v) is 4.86. The Bertz CT molecular complexity index is 1400. The van der Waals surface area contributed by atoms with Crippen LogP contribution in [-0.2, 0) is 6.42 Å². The van der Waals surface area contributed by atoms with Crippen LogP contribution in [-0.4, -0.2) is 37.6 Å². The van der Waals surface area contributed by atoms with E-state index in [1.54, 1.807) is 0 Å².